The number of ether oxygens (including phenoxy) is 2. The Hall–Kier alpha value is -0.170. The molecular weight excluding hydrogens is 367 g/mol. The third kappa shape index (κ3) is 3.18. The van der Waals surface area contributed by atoms with Crippen molar-refractivity contribution in [3.63, 3.8) is 0 Å². The van der Waals surface area contributed by atoms with Crippen molar-refractivity contribution in [1.29, 1.82) is 0 Å². The van der Waals surface area contributed by atoms with Gasteiger partial charge in [0.2, 0.25) is 0 Å². The lowest BCUT2D eigenvalue weighted by atomic mass is 9.77. The zero-order valence-electron chi connectivity index (χ0n) is 11.6. The Labute approximate surface area is 133 Å². The first-order valence-electron chi connectivity index (χ1n) is 7.34. The molecule has 2 unspecified atom stereocenters. The SMILES string of the molecule is OC(c1ccc(I)cc1)C1CCOC2(CCOCC2)C1. The number of benzene rings is 1. The van der Waals surface area contributed by atoms with Crippen LogP contribution in [0.15, 0.2) is 24.3 Å². The predicted molar refractivity (Wildman–Crippen MR) is 85.6 cm³/mol. The Morgan fingerprint density at radius 2 is 1.85 bits per heavy atom. The predicted octanol–water partition coefficient (Wildman–Crippen LogP) is 3.30. The summed E-state index contributed by atoms with van der Waals surface area (Å²) in [5.41, 5.74) is 0.977. The van der Waals surface area contributed by atoms with Crippen molar-refractivity contribution in [3.8, 4) is 0 Å². The van der Waals surface area contributed by atoms with Crippen molar-refractivity contribution in [3.05, 3.63) is 33.4 Å². The highest BCUT2D eigenvalue weighted by molar-refractivity contribution is 14.1. The standard InChI is InChI=1S/C16H21IO3/c17-14-3-1-12(2-4-14)15(18)13-5-8-20-16(11-13)6-9-19-10-7-16/h1-4,13,15,18H,5-11H2. The van der Waals surface area contributed by atoms with Gasteiger partial charge in [-0.1, -0.05) is 12.1 Å². The van der Waals surface area contributed by atoms with Crippen LogP contribution in [0.2, 0.25) is 0 Å². The molecule has 3 nitrogen and oxygen atoms in total. The second kappa shape index (κ2) is 6.30. The second-order valence-electron chi connectivity index (χ2n) is 5.89. The fourth-order valence-electron chi connectivity index (χ4n) is 3.36. The molecule has 0 aliphatic carbocycles. The van der Waals surface area contributed by atoms with E-state index < -0.39 is 0 Å². The lowest BCUT2D eigenvalue weighted by Gasteiger charge is -2.44. The van der Waals surface area contributed by atoms with E-state index in [9.17, 15) is 5.11 Å². The van der Waals surface area contributed by atoms with Gasteiger partial charge in [-0.25, -0.2) is 0 Å². The van der Waals surface area contributed by atoms with E-state index in [4.69, 9.17) is 9.47 Å². The van der Waals surface area contributed by atoms with Gasteiger partial charge in [-0.3, -0.25) is 0 Å². The summed E-state index contributed by atoms with van der Waals surface area (Å²) in [5.74, 6) is 0.293. The minimum atomic E-state index is -0.379. The van der Waals surface area contributed by atoms with Gasteiger partial charge in [0.25, 0.3) is 0 Å². The molecule has 1 aromatic carbocycles. The van der Waals surface area contributed by atoms with Crippen LogP contribution >= 0.6 is 22.6 Å². The molecule has 1 aromatic rings. The van der Waals surface area contributed by atoms with Gasteiger partial charge in [-0.2, -0.15) is 0 Å². The third-order valence-corrected chi connectivity index (χ3v) is 5.31. The number of hydrogen-bond donors (Lipinski definition) is 1. The summed E-state index contributed by atoms with van der Waals surface area (Å²) in [5, 5.41) is 10.7. The maximum absolute atomic E-state index is 10.7. The van der Waals surface area contributed by atoms with Gasteiger partial charge in [-0.05, 0) is 71.9 Å². The van der Waals surface area contributed by atoms with E-state index in [-0.39, 0.29) is 11.7 Å². The average molecular weight is 388 g/mol. The van der Waals surface area contributed by atoms with Gasteiger partial charge in [-0.15, -0.1) is 0 Å². The Morgan fingerprint density at radius 3 is 2.55 bits per heavy atom. The monoisotopic (exact) mass is 388 g/mol. The van der Waals surface area contributed by atoms with Gasteiger partial charge in [0, 0.05) is 23.4 Å². The van der Waals surface area contributed by atoms with Gasteiger partial charge in [0.15, 0.2) is 0 Å². The molecule has 2 fully saturated rings. The molecule has 1 N–H and O–H groups in total. The molecule has 4 heteroatoms. The van der Waals surface area contributed by atoms with Gasteiger partial charge in [0.1, 0.15) is 0 Å². The van der Waals surface area contributed by atoms with Crippen LogP contribution in [-0.4, -0.2) is 30.5 Å². The van der Waals surface area contributed by atoms with E-state index in [0.29, 0.717) is 5.92 Å². The molecule has 20 heavy (non-hydrogen) atoms. The van der Waals surface area contributed by atoms with Crippen LogP contribution in [0.3, 0.4) is 0 Å². The zero-order valence-corrected chi connectivity index (χ0v) is 13.7. The lowest BCUT2D eigenvalue weighted by molar-refractivity contribution is -0.159. The average Bonchev–Trinajstić information content (AvgIpc) is 2.48. The fraction of sp³-hybridized carbons (Fsp3) is 0.625. The zero-order chi connectivity index (χ0) is 14.0. The molecule has 2 atom stereocenters. The van der Waals surface area contributed by atoms with Crippen molar-refractivity contribution in [2.24, 2.45) is 5.92 Å². The first kappa shape index (κ1) is 14.8. The Balaban J connectivity index is 1.71. The van der Waals surface area contributed by atoms with E-state index >= 15 is 0 Å². The van der Waals surface area contributed by atoms with Gasteiger partial charge < -0.3 is 14.6 Å². The van der Waals surface area contributed by atoms with Crippen molar-refractivity contribution in [2.45, 2.75) is 37.4 Å². The molecule has 0 radical (unpaired) electrons. The van der Waals surface area contributed by atoms with Crippen LogP contribution in [0.25, 0.3) is 0 Å². The molecule has 0 aromatic heterocycles. The van der Waals surface area contributed by atoms with Crippen LogP contribution in [0.4, 0.5) is 0 Å². The van der Waals surface area contributed by atoms with Crippen molar-refractivity contribution >= 4 is 22.6 Å². The first-order chi connectivity index (χ1) is 9.69. The summed E-state index contributed by atoms with van der Waals surface area (Å²) >= 11 is 2.29. The molecule has 110 valence electrons. The summed E-state index contributed by atoms with van der Waals surface area (Å²) < 4.78 is 12.7. The Kier molecular flexibility index (Phi) is 4.65. The molecule has 0 amide bonds. The van der Waals surface area contributed by atoms with Crippen LogP contribution in [0.5, 0.6) is 0 Å². The highest BCUT2D eigenvalue weighted by atomic mass is 127. The van der Waals surface area contributed by atoms with E-state index in [1.807, 2.05) is 12.1 Å². The maximum atomic E-state index is 10.7. The largest absolute Gasteiger partial charge is 0.388 e. The van der Waals surface area contributed by atoms with Gasteiger partial charge >= 0.3 is 0 Å². The quantitative estimate of drug-likeness (QED) is 0.791. The summed E-state index contributed by atoms with van der Waals surface area (Å²) in [6.45, 7) is 2.32. The molecule has 2 heterocycles. The molecular formula is C16H21IO3. The Morgan fingerprint density at radius 1 is 1.15 bits per heavy atom. The minimum Gasteiger partial charge on any atom is -0.388 e. The van der Waals surface area contributed by atoms with Gasteiger partial charge in [0.05, 0.1) is 11.7 Å². The van der Waals surface area contributed by atoms with E-state index in [0.717, 1.165) is 51.1 Å². The molecule has 0 saturated carbocycles. The topological polar surface area (TPSA) is 38.7 Å². The second-order valence-corrected chi connectivity index (χ2v) is 7.14. The van der Waals surface area contributed by atoms with Crippen molar-refractivity contribution in [2.75, 3.05) is 19.8 Å². The van der Waals surface area contributed by atoms with Crippen LogP contribution < -0.4 is 0 Å². The first-order valence-corrected chi connectivity index (χ1v) is 8.42. The summed E-state index contributed by atoms with van der Waals surface area (Å²) in [6, 6.07) is 8.20. The molecule has 2 aliphatic heterocycles. The van der Waals surface area contributed by atoms with Crippen LogP contribution in [-0.2, 0) is 9.47 Å². The summed E-state index contributed by atoms with van der Waals surface area (Å²) in [6.07, 6.45) is 3.43. The molecule has 0 bridgehead atoms. The maximum Gasteiger partial charge on any atom is 0.0820 e. The number of hydrogen-bond acceptors (Lipinski definition) is 3. The molecule has 1 spiro atoms. The van der Waals surface area contributed by atoms with E-state index in [1.165, 1.54) is 3.57 Å². The normalized spacial score (nSPS) is 27.4. The smallest absolute Gasteiger partial charge is 0.0820 e. The fourth-order valence-corrected chi connectivity index (χ4v) is 3.72. The Bertz CT molecular complexity index is 434. The number of rotatable bonds is 2. The van der Waals surface area contributed by atoms with E-state index in [1.54, 1.807) is 0 Å². The lowest BCUT2D eigenvalue weighted by Crippen LogP contribution is -2.45. The van der Waals surface area contributed by atoms with Crippen molar-refractivity contribution in [1.82, 2.24) is 0 Å². The van der Waals surface area contributed by atoms with Crippen LogP contribution in [0.1, 0.15) is 37.4 Å². The molecule has 2 saturated heterocycles. The summed E-state index contributed by atoms with van der Waals surface area (Å²) in [7, 11) is 0. The molecule has 3 rings (SSSR count). The highest BCUT2D eigenvalue weighted by Gasteiger charge is 2.41. The van der Waals surface area contributed by atoms with Crippen LogP contribution in [0, 0.1) is 9.49 Å². The number of aliphatic hydroxyl groups is 1. The third-order valence-electron chi connectivity index (χ3n) is 4.59. The molecule has 2 aliphatic rings. The van der Waals surface area contributed by atoms with Crippen molar-refractivity contribution < 1.29 is 14.6 Å². The number of aliphatic hydroxyl groups excluding tert-OH is 1. The summed E-state index contributed by atoms with van der Waals surface area (Å²) in [4.78, 5) is 0. The number of halogens is 1. The van der Waals surface area contributed by atoms with E-state index in [2.05, 4.69) is 34.7 Å². The minimum absolute atomic E-state index is 0.0502. The highest BCUT2D eigenvalue weighted by Crippen LogP contribution is 2.41.